The van der Waals surface area contributed by atoms with Crippen LogP contribution < -0.4 is 10.6 Å². The maximum absolute atomic E-state index is 11.5. The smallest absolute Gasteiger partial charge is 0.234 e. The number of thioether (sulfide) groups is 1. The summed E-state index contributed by atoms with van der Waals surface area (Å²) in [5, 5.41) is 6.77. The molecule has 1 fully saturated rings. The molecule has 2 unspecified atom stereocenters. The van der Waals surface area contributed by atoms with Gasteiger partial charge in [-0.3, -0.25) is 4.79 Å². The molecule has 0 aromatic rings. The number of hydrogen-bond acceptors (Lipinski definition) is 4. The number of carbonyl (C=O) groups is 1. The van der Waals surface area contributed by atoms with E-state index in [4.69, 9.17) is 4.74 Å². The lowest BCUT2D eigenvalue weighted by Crippen LogP contribution is -2.42. The minimum Gasteiger partial charge on any atom is -0.383 e. The van der Waals surface area contributed by atoms with E-state index in [0.717, 1.165) is 6.54 Å². The first-order valence-electron chi connectivity index (χ1n) is 5.83. The van der Waals surface area contributed by atoms with Crippen LogP contribution in [-0.4, -0.2) is 49.8 Å². The molecule has 1 aliphatic rings. The highest BCUT2D eigenvalue weighted by molar-refractivity contribution is 8.00. The Morgan fingerprint density at radius 2 is 2.44 bits per heavy atom. The second-order valence-corrected chi connectivity index (χ2v) is 5.60. The van der Waals surface area contributed by atoms with E-state index in [-0.39, 0.29) is 11.9 Å². The lowest BCUT2D eigenvalue weighted by Gasteiger charge is -2.14. The summed E-state index contributed by atoms with van der Waals surface area (Å²) in [7, 11) is 1.64. The van der Waals surface area contributed by atoms with Gasteiger partial charge in [0.25, 0.3) is 0 Å². The Morgan fingerprint density at radius 3 is 3.06 bits per heavy atom. The third-order valence-corrected chi connectivity index (χ3v) is 3.90. The highest BCUT2D eigenvalue weighted by Crippen LogP contribution is 2.24. The molecule has 0 bridgehead atoms. The maximum atomic E-state index is 11.5. The van der Waals surface area contributed by atoms with Crippen LogP contribution in [0.3, 0.4) is 0 Å². The Kier molecular flexibility index (Phi) is 6.84. The third-order valence-electron chi connectivity index (χ3n) is 2.51. The van der Waals surface area contributed by atoms with E-state index in [0.29, 0.717) is 18.4 Å². The van der Waals surface area contributed by atoms with Gasteiger partial charge in [-0.25, -0.2) is 0 Å². The molecule has 0 aromatic carbocycles. The zero-order chi connectivity index (χ0) is 11.8. The molecule has 0 aliphatic carbocycles. The van der Waals surface area contributed by atoms with E-state index in [1.807, 2.05) is 18.7 Å². The second kappa shape index (κ2) is 7.92. The summed E-state index contributed by atoms with van der Waals surface area (Å²) in [6.07, 6.45) is 2.59. The lowest BCUT2D eigenvalue weighted by atomic mass is 10.2. The van der Waals surface area contributed by atoms with E-state index in [2.05, 4.69) is 10.6 Å². The third kappa shape index (κ3) is 5.72. The molecule has 2 atom stereocenters. The number of methoxy groups -OCH3 is 1. The Morgan fingerprint density at radius 1 is 1.62 bits per heavy atom. The summed E-state index contributed by atoms with van der Waals surface area (Å²) in [6.45, 7) is 3.85. The van der Waals surface area contributed by atoms with Crippen molar-refractivity contribution in [2.24, 2.45) is 0 Å². The first-order valence-corrected chi connectivity index (χ1v) is 6.88. The topological polar surface area (TPSA) is 50.4 Å². The highest BCUT2D eigenvalue weighted by Gasteiger charge is 2.15. The molecule has 1 saturated heterocycles. The lowest BCUT2D eigenvalue weighted by molar-refractivity contribution is -0.121. The summed E-state index contributed by atoms with van der Waals surface area (Å²) in [6, 6.07) is 0.0835. The maximum Gasteiger partial charge on any atom is 0.234 e. The quantitative estimate of drug-likeness (QED) is 0.691. The van der Waals surface area contributed by atoms with Crippen LogP contribution in [0.5, 0.6) is 0 Å². The number of carbonyl (C=O) groups excluding carboxylic acids is 1. The number of rotatable bonds is 7. The number of hydrogen-bond donors (Lipinski definition) is 2. The van der Waals surface area contributed by atoms with Crippen molar-refractivity contribution in [1.82, 2.24) is 10.6 Å². The molecule has 0 spiro atoms. The molecule has 16 heavy (non-hydrogen) atoms. The van der Waals surface area contributed by atoms with Crippen molar-refractivity contribution in [1.29, 1.82) is 0 Å². The Bertz CT molecular complexity index is 208. The van der Waals surface area contributed by atoms with Crippen molar-refractivity contribution in [2.75, 3.05) is 32.6 Å². The van der Waals surface area contributed by atoms with Crippen LogP contribution in [0.1, 0.15) is 19.8 Å². The van der Waals surface area contributed by atoms with E-state index in [1.54, 1.807) is 7.11 Å². The predicted octanol–water partition coefficient (Wildman–Crippen LogP) is 0.623. The van der Waals surface area contributed by atoms with Crippen molar-refractivity contribution in [3.05, 3.63) is 0 Å². The first kappa shape index (κ1) is 13.8. The molecule has 1 heterocycles. The van der Waals surface area contributed by atoms with Gasteiger partial charge in [-0.2, -0.15) is 11.8 Å². The van der Waals surface area contributed by atoms with Gasteiger partial charge in [-0.15, -0.1) is 0 Å². The standard InChI is InChI=1S/C11H22N2O2S/c1-9(8-15-2)13-11(14)7-12-6-10-4-3-5-16-10/h9-10,12H,3-8H2,1-2H3,(H,13,14). The summed E-state index contributed by atoms with van der Waals surface area (Å²) in [4.78, 5) is 11.5. The van der Waals surface area contributed by atoms with Crippen LogP contribution in [0, 0.1) is 0 Å². The Labute approximate surface area is 102 Å². The fourth-order valence-corrected chi connectivity index (χ4v) is 3.01. The zero-order valence-electron chi connectivity index (χ0n) is 10.1. The monoisotopic (exact) mass is 246 g/mol. The van der Waals surface area contributed by atoms with Gasteiger partial charge in [0.2, 0.25) is 5.91 Å². The SMILES string of the molecule is COCC(C)NC(=O)CNCC1CCCS1. The van der Waals surface area contributed by atoms with Crippen LogP contribution >= 0.6 is 11.8 Å². The first-order chi connectivity index (χ1) is 7.72. The summed E-state index contributed by atoms with van der Waals surface area (Å²) < 4.78 is 4.95. The van der Waals surface area contributed by atoms with Crippen LogP contribution in [0.2, 0.25) is 0 Å². The minimum atomic E-state index is 0.0487. The minimum absolute atomic E-state index is 0.0487. The fourth-order valence-electron chi connectivity index (χ4n) is 1.77. The van der Waals surface area contributed by atoms with Gasteiger partial charge < -0.3 is 15.4 Å². The molecule has 1 amide bonds. The average molecular weight is 246 g/mol. The van der Waals surface area contributed by atoms with Crippen LogP contribution in [0.15, 0.2) is 0 Å². The van der Waals surface area contributed by atoms with Gasteiger partial charge in [-0.05, 0) is 25.5 Å². The predicted molar refractivity (Wildman–Crippen MR) is 67.8 cm³/mol. The number of amides is 1. The van der Waals surface area contributed by atoms with E-state index < -0.39 is 0 Å². The molecular formula is C11H22N2O2S. The molecule has 1 aliphatic heterocycles. The molecule has 5 heteroatoms. The van der Waals surface area contributed by atoms with Gasteiger partial charge in [0.1, 0.15) is 0 Å². The average Bonchev–Trinajstić information content (AvgIpc) is 2.70. The van der Waals surface area contributed by atoms with E-state index in [1.165, 1.54) is 18.6 Å². The molecule has 0 aromatic heterocycles. The molecular weight excluding hydrogens is 224 g/mol. The van der Waals surface area contributed by atoms with Crippen molar-refractivity contribution in [3.63, 3.8) is 0 Å². The zero-order valence-corrected chi connectivity index (χ0v) is 10.9. The van der Waals surface area contributed by atoms with E-state index >= 15 is 0 Å². The Hall–Kier alpha value is -0.260. The molecule has 2 N–H and O–H groups in total. The van der Waals surface area contributed by atoms with Gasteiger partial charge in [0, 0.05) is 24.9 Å². The summed E-state index contributed by atoms with van der Waals surface area (Å²) >= 11 is 2.00. The molecule has 1 rings (SSSR count). The molecule has 4 nitrogen and oxygen atoms in total. The summed E-state index contributed by atoms with van der Waals surface area (Å²) in [5.74, 6) is 1.32. The largest absolute Gasteiger partial charge is 0.383 e. The normalized spacial score (nSPS) is 22.0. The van der Waals surface area contributed by atoms with E-state index in [9.17, 15) is 4.79 Å². The fraction of sp³-hybridized carbons (Fsp3) is 0.909. The van der Waals surface area contributed by atoms with Crippen LogP contribution in [-0.2, 0) is 9.53 Å². The van der Waals surface area contributed by atoms with Gasteiger partial charge in [0.15, 0.2) is 0 Å². The highest BCUT2D eigenvalue weighted by atomic mass is 32.2. The van der Waals surface area contributed by atoms with Gasteiger partial charge in [-0.1, -0.05) is 0 Å². The molecule has 94 valence electrons. The van der Waals surface area contributed by atoms with Gasteiger partial charge >= 0.3 is 0 Å². The number of nitrogens with one attached hydrogen (secondary N) is 2. The van der Waals surface area contributed by atoms with Crippen LogP contribution in [0.4, 0.5) is 0 Å². The molecule has 0 saturated carbocycles. The Balaban J connectivity index is 2.01. The summed E-state index contributed by atoms with van der Waals surface area (Å²) in [5.41, 5.74) is 0. The number of ether oxygens (including phenoxy) is 1. The van der Waals surface area contributed by atoms with Gasteiger partial charge in [0.05, 0.1) is 13.2 Å². The van der Waals surface area contributed by atoms with Crippen molar-refractivity contribution in [2.45, 2.75) is 31.1 Å². The second-order valence-electron chi connectivity index (χ2n) is 4.19. The van der Waals surface area contributed by atoms with Crippen molar-refractivity contribution >= 4 is 17.7 Å². The van der Waals surface area contributed by atoms with Crippen LogP contribution in [0.25, 0.3) is 0 Å². The molecule has 0 radical (unpaired) electrons. The van der Waals surface area contributed by atoms with Crippen molar-refractivity contribution in [3.8, 4) is 0 Å². The van der Waals surface area contributed by atoms with Crippen molar-refractivity contribution < 1.29 is 9.53 Å².